The SMILES string of the molecule is COCCCOCCS(=O)(=O)c1ccc(Br)c(C(=O)O)c1. The van der Waals surface area contributed by atoms with Crippen LogP contribution < -0.4 is 0 Å². The molecule has 0 unspecified atom stereocenters. The molecule has 6 nitrogen and oxygen atoms in total. The van der Waals surface area contributed by atoms with Crippen LogP contribution in [0.15, 0.2) is 27.6 Å². The fourth-order valence-corrected chi connectivity index (χ4v) is 3.12. The van der Waals surface area contributed by atoms with Crippen molar-refractivity contribution < 1.29 is 27.8 Å². The minimum Gasteiger partial charge on any atom is -0.478 e. The van der Waals surface area contributed by atoms with E-state index in [1.54, 1.807) is 7.11 Å². The lowest BCUT2D eigenvalue weighted by Gasteiger charge is -2.07. The Morgan fingerprint density at radius 3 is 2.62 bits per heavy atom. The number of methoxy groups -OCH3 is 1. The second kappa shape index (κ2) is 8.47. The van der Waals surface area contributed by atoms with Gasteiger partial charge in [-0.05, 0) is 40.5 Å². The summed E-state index contributed by atoms with van der Waals surface area (Å²) in [5.41, 5.74) is -0.0860. The Morgan fingerprint density at radius 2 is 2.00 bits per heavy atom. The number of ether oxygens (including phenoxy) is 2. The zero-order valence-corrected chi connectivity index (χ0v) is 13.9. The summed E-state index contributed by atoms with van der Waals surface area (Å²) in [5.74, 6) is -1.38. The Hall–Kier alpha value is -0.960. The summed E-state index contributed by atoms with van der Waals surface area (Å²) in [5, 5.41) is 8.99. The first kappa shape index (κ1) is 18.1. The zero-order chi connectivity index (χ0) is 15.9. The highest BCUT2D eigenvalue weighted by molar-refractivity contribution is 9.10. The third kappa shape index (κ3) is 5.74. The van der Waals surface area contributed by atoms with E-state index in [1.807, 2.05) is 0 Å². The number of carboxylic acid groups (broad SMARTS) is 1. The van der Waals surface area contributed by atoms with Crippen molar-refractivity contribution in [2.75, 3.05) is 32.7 Å². The summed E-state index contributed by atoms with van der Waals surface area (Å²) in [7, 11) is -1.98. The van der Waals surface area contributed by atoms with Gasteiger partial charge in [0.2, 0.25) is 0 Å². The van der Waals surface area contributed by atoms with Crippen LogP contribution >= 0.6 is 15.9 Å². The number of halogens is 1. The highest BCUT2D eigenvalue weighted by atomic mass is 79.9. The second-order valence-electron chi connectivity index (χ2n) is 4.22. The van der Waals surface area contributed by atoms with Crippen LogP contribution in [0.5, 0.6) is 0 Å². The molecule has 0 aliphatic rings. The molecule has 21 heavy (non-hydrogen) atoms. The summed E-state index contributed by atoms with van der Waals surface area (Å²) in [6.07, 6.45) is 0.692. The molecule has 0 aliphatic heterocycles. The third-order valence-electron chi connectivity index (χ3n) is 2.66. The Kier molecular flexibility index (Phi) is 7.30. The summed E-state index contributed by atoms with van der Waals surface area (Å²) in [4.78, 5) is 11.0. The largest absolute Gasteiger partial charge is 0.478 e. The lowest BCUT2D eigenvalue weighted by atomic mass is 10.2. The Morgan fingerprint density at radius 1 is 1.29 bits per heavy atom. The van der Waals surface area contributed by atoms with Gasteiger partial charge in [0.25, 0.3) is 0 Å². The van der Waals surface area contributed by atoms with Crippen LogP contribution in [0.1, 0.15) is 16.8 Å². The molecule has 0 aliphatic carbocycles. The molecule has 1 rings (SSSR count). The van der Waals surface area contributed by atoms with Gasteiger partial charge in [0.1, 0.15) is 0 Å². The second-order valence-corrected chi connectivity index (χ2v) is 7.19. The molecule has 0 fully saturated rings. The van der Waals surface area contributed by atoms with Gasteiger partial charge in [0, 0.05) is 24.8 Å². The van der Waals surface area contributed by atoms with Crippen molar-refractivity contribution in [1.82, 2.24) is 0 Å². The van der Waals surface area contributed by atoms with Crippen molar-refractivity contribution in [2.45, 2.75) is 11.3 Å². The molecule has 0 saturated carbocycles. The Labute approximate surface area is 132 Å². The highest BCUT2D eigenvalue weighted by Gasteiger charge is 2.18. The van der Waals surface area contributed by atoms with E-state index in [4.69, 9.17) is 14.6 Å². The Balaban J connectivity index is 2.66. The maximum absolute atomic E-state index is 12.1. The number of hydrogen-bond donors (Lipinski definition) is 1. The van der Waals surface area contributed by atoms with Gasteiger partial charge in [-0.1, -0.05) is 0 Å². The average molecular weight is 381 g/mol. The molecule has 0 saturated heterocycles. The molecule has 1 aromatic rings. The summed E-state index contributed by atoms with van der Waals surface area (Å²) in [6.45, 7) is 1.04. The number of sulfone groups is 1. The predicted octanol–water partition coefficient (Wildman–Crippen LogP) is 1.97. The number of benzene rings is 1. The van der Waals surface area contributed by atoms with Gasteiger partial charge in [0.05, 0.1) is 22.8 Å². The average Bonchev–Trinajstić information content (AvgIpc) is 2.42. The van der Waals surface area contributed by atoms with Crippen LogP contribution in [0, 0.1) is 0 Å². The molecule has 0 radical (unpaired) electrons. The fraction of sp³-hybridized carbons (Fsp3) is 0.462. The first-order chi connectivity index (χ1) is 9.88. The van der Waals surface area contributed by atoms with Gasteiger partial charge in [-0.2, -0.15) is 0 Å². The maximum atomic E-state index is 12.1. The van der Waals surface area contributed by atoms with E-state index in [0.29, 0.717) is 24.1 Å². The van der Waals surface area contributed by atoms with Crippen molar-refractivity contribution in [2.24, 2.45) is 0 Å². The first-order valence-electron chi connectivity index (χ1n) is 6.21. The number of carbonyl (C=O) groups is 1. The van der Waals surface area contributed by atoms with E-state index < -0.39 is 15.8 Å². The molecule has 0 heterocycles. The van der Waals surface area contributed by atoms with E-state index in [-0.39, 0.29) is 22.8 Å². The van der Waals surface area contributed by atoms with Crippen LogP contribution in [-0.2, 0) is 19.3 Å². The molecular formula is C13H17BrO6S. The number of hydrogen-bond acceptors (Lipinski definition) is 5. The number of rotatable bonds is 9. The quantitative estimate of drug-likeness (QED) is 0.658. The fourth-order valence-electron chi connectivity index (χ4n) is 1.56. The van der Waals surface area contributed by atoms with Crippen molar-refractivity contribution in [3.05, 3.63) is 28.2 Å². The van der Waals surface area contributed by atoms with Crippen LogP contribution in [0.25, 0.3) is 0 Å². The Bertz CT molecular complexity index is 584. The van der Waals surface area contributed by atoms with Gasteiger partial charge in [0.15, 0.2) is 9.84 Å². The standard InChI is InChI=1S/C13H17BrO6S/c1-19-5-2-6-20-7-8-21(17,18)10-3-4-12(14)11(9-10)13(15)16/h3-4,9H,2,5-8H2,1H3,(H,15,16). The van der Waals surface area contributed by atoms with Gasteiger partial charge in [-0.25, -0.2) is 13.2 Å². The van der Waals surface area contributed by atoms with E-state index in [0.717, 1.165) is 6.07 Å². The molecule has 0 bridgehead atoms. The lowest BCUT2D eigenvalue weighted by Crippen LogP contribution is -2.14. The van der Waals surface area contributed by atoms with Gasteiger partial charge >= 0.3 is 5.97 Å². The molecule has 0 atom stereocenters. The van der Waals surface area contributed by atoms with E-state index >= 15 is 0 Å². The van der Waals surface area contributed by atoms with E-state index in [1.165, 1.54) is 12.1 Å². The molecule has 1 N–H and O–H groups in total. The van der Waals surface area contributed by atoms with Gasteiger partial charge in [-0.3, -0.25) is 0 Å². The van der Waals surface area contributed by atoms with Crippen molar-refractivity contribution in [1.29, 1.82) is 0 Å². The molecule has 118 valence electrons. The van der Waals surface area contributed by atoms with E-state index in [2.05, 4.69) is 15.9 Å². The molecule has 0 spiro atoms. The summed E-state index contributed by atoms with van der Waals surface area (Å²) in [6, 6.07) is 3.93. The molecule has 1 aromatic carbocycles. The predicted molar refractivity (Wildman–Crippen MR) is 80.5 cm³/mol. The van der Waals surface area contributed by atoms with E-state index in [9.17, 15) is 13.2 Å². The van der Waals surface area contributed by atoms with Crippen LogP contribution in [0.2, 0.25) is 0 Å². The first-order valence-corrected chi connectivity index (χ1v) is 8.65. The monoisotopic (exact) mass is 380 g/mol. The molecular weight excluding hydrogens is 364 g/mol. The van der Waals surface area contributed by atoms with Crippen molar-refractivity contribution in [3.8, 4) is 0 Å². The minimum absolute atomic E-state index is 0.0245. The summed E-state index contributed by atoms with van der Waals surface area (Å²) < 4.78 is 34.6. The van der Waals surface area contributed by atoms with Crippen LogP contribution in [0.3, 0.4) is 0 Å². The number of carboxylic acids is 1. The lowest BCUT2D eigenvalue weighted by molar-refractivity contribution is 0.0695. The smallest absolute Gasteiger partial charge is 0.336 e. The van der Waals surface area contributed by atoms with Crippen molar-refractivity contribution >= 4 is 31.7 Å². The topological polar surface area (TPSA) is 89.9 Å². The van der Waals surface area contributed by atoms with Crippen molar-refractivity contribution in [3.63, 3.8) is 0 Å². The van der Waals surface area contributed by atoms with Crippen LogP contribution in [0.4, 0.5) is 0 Å². The third-order valence-corrected chi connectivity index (χ3v) is 5.03. The van der Waals surface area contributed by atoms with Crippen LogP contribution in [-0.4, -0.2) is 52.2 Å². The normalized spacial score (nSPS) is 11.5. The molecule has 0 aromatic heterocycles. The zero-order valence-electron chi connectivity index (χ0n) is 11.5. The minimum atomic E-state index is -3.57. The maximum Gasteiger partial charge on any atom is 0.336 e. The number of aromatic carboxylic acids is 1. The summed E-state index contributed by atoms with van der Waals surface area (Å²) >= 11 is 3.07. The van der Waals surface area contributed by atoms with Gasteiger partial charge < -0.3 is 14.6 Å². The van der Waals surface area contributed by atoms with Gasteiger partial charge in [-0.15, -0.1) is 0 Å². The molecule has 8 heteroatoms. The molecule has 0 amide bonds. The highest BCUT2D eigenvalue weighted by Crippen LogP contribution is 2.21.